The largest absolute Gasteiger partial charge is 0.490 e. The fraction of sp³-hybridized carbons (Fsp3) is 0.571. The van der Waals surface area contributed by atoms with Crippen LogP contribution in [0.25, 0.3) is 0 Å². The molecule has 0 aliphatic heterocycles. The number of aliphatic hydroxyl groups excluding tert-OH is 1. The third-order valence-electron chi connectivity index (χ3n) is 3.39. The van der Waals surface area contributed by atoms with Gasteiger partial charge in [0.2, 0.25) is 0 Å². The molecule has 1 saturated carbocycles. The van der Waals surface area contributed by atoms with Crippen molar-refractivity contribution in [2.45, 2.75) is 38.7 Å². The molecule has 1 atom stereocenters. The van der Waals surface area contributed by atoms with Crippen LogP contribution in [0.5, 0.6) is 5.75 Å². The first kappa shape index (κ1) is 12.4. The van der Waals surface area contributed by atoms with Crippen molar-refractivity contribution in [3.8, 4) is 5.75 Å². The highest BCUT2D eigenvalue weighted by molar-refractivity contribution is 5.30. The Morgan fingerprint density at radius 1 is 1.41 bits per heavy atom. The minimum absolute atomic E-state index is 0.293. The van der Waals surface area contributed by atoms with E-state index in [1.54, 1.807) is 19.1 Å². The van der Waals surface area contributed by atoms with Crippen LogP contribution in [0, 0.1) is 11.7 Å². The van der Waals surface area contributed by atoms with E-state index in [0.717, 1.165) is 0 Å². The van der Waals surface area contributed by atoms with Gasteiger partial charge in [-0.1, -0.05) is 18.9 Å². The Hall–Kier alpha value is -1.09. The molecule has 3 heteroatoms. The molecule has 1 aliphatic rings. The van der Waals surface area contributed by atoms with Gasteiger partial charge in [-0.25, -0.2) is 4.39 Å². The summed E-state index contributed by atoms with van der Waals surface area (Å²) in [7, 11) is 0. The van der Waals surface area contributed by atoms with E-state index in [2.05, 4.69) is 0 Å². The molecule has 0 aromatic heterocycles. The first-order valence-corrected chi connectivity index (χ1v) is 6.27. The number of hydrogen-bond acceptors (Lipinski definition) is 2. The molecule has 2 nitrogen and oxygen atoms in total. The summed E-state index contributed by atoms with van der Waals surface area (Å²) in [4.78, 5) is 0. The van der Waals surface area contributed by atoms with Crippen LogP contribution in [0.3, 0.4) is 0 Å². The maximum absolute atomic E-state index is 13.6. The highest BCUT2D eigenvalue weighted by Crippen LogP contribution is 2.27. The SMILES string of the molecule is C[C@@H](O)c1ccc(OCC2CCCC2)c(F)c1. The Balaban J connectivity index is 1.96. The average molecular weight is 238 g/mol. The molecule has 1 N–H and O–H groups in total. The summed E-state index contributed by atoms with van der Waals surface area (Å²) in [5, 5.41) is 9.33. The minimum Gasteiger partial charge on any atom is -0.490 e. The van der Waals surface area contributed by atoms with Crippen molar-refractivity contribution >= 4 is 0 Å². The van der Waals surface area contributed by atoms with Gasteiger partial charge < -0.3 is 9.84 Å². The van der Waals surface area contributed by atoms with Crippen LogP contribution in [0.4, 0.5) is 4.39 Å². The van der Waals surface area contributed by atoms with Gasteiger partial charge in [0.05, 0.1) is 12.7 Å². The van der Waals surface area contributed by atoms with E-state index >= 15 is 0 Å². The van der Waals surface area contributed by atoms with Gasteiger partial charge in [-0.2, -0.15) is 0 Å². The highest BCUT2D eigenvalue weighted by Gasteiger charge is 2.16. The van der Waals surface area contributed by atoms with Crippen molar-refractivity contribution in [3.05, 3.63) is 29.6 Å². The van der Waals surface area contributed by atoms with E-state index in [1.807, 2.05) is 0 Å². The van der Waals surface area contributed by atoms with Gasteiger partial charge in [-0.3, -0.25) is 0 Å². The number of ether oxygens (including phenoxy) is 1. The average Bonchev–Trinajstić information content (AvgIpc) is 2.80. The van der Waals surface area contributed by atoms with E-state index in [-0.39, 0.29) is 5.82 Å². The molecule has 1 aromatic rings. The lowest BCUT2D eigenvalue weighted by atomic mass is 10.1. The second-order valence-electron chi connectivity index (χ2n) is 4.83. The predicted molar refractivity (Wildman–Crippen MR) is 64.5 cm³/mol. The highest BCUT2D eigenvalue weighted by atomic mass is 19.1. The minimum atomic E-state index is -0.645. The fourth-order valence-electron chi connectivity index (χ4n) is 2.28. The van der Waals surface area contributed by atoms with Crippen molar-refractivity contribution in [3.63, 3.8) is 0 Å². The molecular weight excluding hydrogens is 219 g/mol. The second-order valence-corrected chi connectivity index (χ2v) is 4.83. The van der Waals surface area contributed by atoms with E-state index in [4.69, 9.17) is 4.74 Å². The molecule has 0 radical (unpaired) electrons. The van der Waals surface area contributed by atoms with Crippen LogP contribution < -0.4 is 4.74 Å². The predicted octanol–water partition coefficient (Wildman–Crippen LogP) is 3.45. The van der Waals surface area contributed by atoms with E-state index in [1.165, 1.54) is 31.7 Å². The number of hydrogen-bond donors (Lipinski definition) is 1. The first-order valence-electron chi connectivity index (χ1n) is 6.27. The summed E-state index contributed by atoms with van der Waals surface area (Å²) in [6.45, 7) is 2.22. The number of rotatable bonds is 4. The molecule has 1 fully saturated rings. The summed E-state index contributed by atoms with van der Waals surface area (Å²) in [5.74, 6) is 0.480. The smallest absolute Gasteiger partial charge is 0.165 e. The number of aliphatic hydroxyl groups is 1. The lowest BCUT2D eigenvalue weighted by Gasteiger charge is -2.13. The topological polar surface area (TPSA) is 29.5 Å². The van der Waals surface area contributed by atoms with Crippen molar-refractivity contribution < 1.29 is 14.2 Å². The molecule has 0 saturated heterocycles. The van der Waals surface area contributed by atoms with Gasteiger partial charge in [0, 0.05) is 0 Å². The molecule has 0 bridgehead atoms. The zero-order chi connectivity index (χ0) is 12.3. The van der Waals surface area contributed by atoms with E-state index < -0.39 is 6.10 Å². The molecule has 94 valence electrons. The molecule has 0 heterocycles. The zero-order valence-corrected chi connectivity index (χ0v) is 10.2. The molecular formula is C14H19FO2. The number of benzene rings is 1. The van der Waals surface area contributed by atoms with Gasteiger partial charge in [0.25, 0.3) is 0 Å². The summed E-state index contributed by atoms with van der Waals surface area (Å²) in [6, 6.07) is 4.65. The first-order chi connectivity index (χ1) is 8.16. The Labute approximate surface area is 101 Å². The molecule has 1 aromatic carbocycles. The third kappa shape index (κ3) is 3.19. The molecule has 0 spiro atoms. The van der Waals surface area contributed by atoms with Crippen LogP contribution >= 0.6 is 0 Å². The Morgan fingerprint density at radius 2 is 2.12 bits per heavy atom. The molecule has 1 aliphatic carbocycles. The van der Waals surface area contributed by atoms with E-state index in [0.29, 0.717) is 23.8 Å². The van der Waals surface area contributed by atoms with Gasteiger partial charge in [-0.15, -0.1) is 0 Å². The lowest BCUT2D eigenvalue weighted by molar-refractivity contribution is 0.198. The molecule has 0 amide bonds. The quantitative estimate of drug-likeness (QED) is 0.870. The standard InChI is InChI=1S/C14H19FO2/c1-10(16)12-6-7-14(13(15)8-12)17-9-11-4-2-3-5-11/h6-8,10-11,16H,2-5,9H2,1H3/t10-/m1/s1. The summed E-state index contributed by atoms with van der Waals surface area (Å²) in [5.41, 5.74) is 0.579. The Kier molecular flexibility index (Phi) is 4.00. The van der Waals surface area contributed by atoms with Crippen LogP contribution in [0.15, 0.2) is 18.2 Å². The van der Waals surface area contributed by atoms with E-state index in [9.17, 15) is 9.50 Å². The van der Waals surface area contributed by atoms with Crippen LogP contribution in [-0.2, 0) is 0 Å². The summed E-state index contributed by atoms with van der Waals surface area (Å²) < 4.78 is 19.1. The van der Waals surface area contributed by atoms with Gasteiger partial charge in [-0.05, 0) is 43.4 Å². The van der Waals surface area contributed by atoms with Crippen molar-refractivity contribution in [1.82, 2.24) is 0 Å². The summed E-state index contributed by atoms with van der Waals surface area (Å²) in [6.07, 6.45) is 4.25. The van der Waals surface area contributed by atoms with Crippen molar-refractivity contribution in [2.75, 3.05) is 6.61 Å². The zero-order valence-electron chi connectivity index (χ0n) is 10.2. The summed E-state index contributed by atoms with van der Waals surface area (Å²) >= 11 is 0. The number of halogens is 1. The molecule has 17 heavy (non-hydrogen) atoms. The van der Waals surface area contributed by atoms with Gasteiger partial charge >= 0.3 is 0 Å². The fourth-order valence-corrected chi connectivity index (χ4v) is 2.28. The Morgan fingerprint density at radius 3 is 2.71 bits per heavy atom. The van der Waals surface area contributed by atoms with Crippen LogP contribution in [-0.4, -0.2) is 11.7 Å². The monoisotopic (exact) mass is 238 g/mol. The van der Waals surface area contributed by atoms with Crippen LogP contribution in [0.1, 0.15) is 44.3 Å². The van der Waals surface area contributed by atoms with Crippen LogP contribution in [0.2, 0.25) is 0 Å². The normalized spacial score (nSPS) is 18.3. The molecule has 0 unspecified atom stereocenters. The lowest BCUT2D eigenvalue weighted by Crippen LogP contribution is -2.09. The maximum atomic E-state index is 13.6. The van der Waals surface area contributed by atoms with Crippen molar-refractivity contribution in [2.24, 2.45) is 5.92 Å². The maximum Gasteiger partial charge on any atom is 0.165 e. The van der Waals surface area contributed by atoms with Crippen molar-refractivity contribution in [1.29, 1.82) is 0 Å². The van der Waals surface area contributed by atoms with Gasteiger partial charge in [0.15, 0.2) is 11.6 Å². The second kappa shape index (κ2) is 5.50. The van der Waals surface area contributed by atoms with Gasteiger partial charge in [0.1, 0.15) is 0 Å². The molecule has 2 rings (SSSR count). The third-order valence-corrected chi connectivity index (χ3v) is 3.39. The Bertz CT molecular complexity index is 370.